The SMILES string of the molecule is CCc1cccc(CC)c1NC(N)=NCc1ccc(S(N)(=O)=O)cc1.I. The van der Waals surface area contributed by atoms with Gasteiger partial charge in [-0.3, -0.25) is 0 Å². The molecule has 0 bridgehead atoms. The van der Waals surface area contributed by atoms with Crippen molar-refractivity contribution in [2.24, 2.45) is 15.9 Å². The van der Waals surface area contributed by atoms with Gasteiger partial charge in [-0.25, -0.2) is 18.5 Å². The largest absolute Gasteiger partial charge is 0.370 e. The summed E-state index contributed by atoms with van der Waals surface area (Å²) in [5, 5.41) is 8.28. The van der Waals surface area contributed by atoms with E-state index in [1.165, 1.54) is 23.3 Å². The lowest BCUT2D eigenvalue weighted by Gasteiger charge is -2.14. The highest BCUT2D eigenvalue weighted by Crippen LogP contribution is 2.22. The molecule has 0 aliphatic heterocycles. The predicted molar refractivity (Wildman–Crippen MR) is 117 cm³/mol. The Morgan fingerprint density at radius 2 is 1.58 bits per heavy atom. The van der Waals surface area contributed by atoms with Gasteiger partial charge in [0.25, 0.3) is 0 Å². The van der Waals surface area contributed by atoms with Gasteiger partial charge in [0.05, 0.1) is 11.4 Å². The number of nitrogens with zero attached hydrogens (tertiary/aromatic N) is 1. The van der Waals surface area contributed by atoms with Crippen LogP contribution >= 0.6 is 24.0 Å². The van der Waals surface area contributed by atoms with Crippen LogP contribution < -0.4 is 16.2 Å². The zero-order chi connectivity index (χ0) is 18.4. The van der Waals surface area contributed by atoms with E-state index in [-0.39, 0.29) is 28.9 Å². The van der Waals surface area contributed by atoms with Gasteiger partial charge >= 0.3 is 0 Å². The molecule has 0 aliphatic rings. The highest BCUT2D eigenvalue weighted by atomic mass is 127. The molecule has 6 nitrogen and oxygen atoms in total. The Hall–Kier alpha value is -1.65. The van der Waals surface area contributed by atoms with Crippen LogP contribution in [-0.2, 0) is 29.4 Å². The molecule has 0 saturated carbocycles. The molecular formula is C18H25IN4O2S. The van der Waals surface area contributed by atoms with Crippen LogP contribution in [0.15, 0.2) is 52.4 Å². The molecule has 0 unspecified atom stereocenters. The average Bonchev–Trinajstić information content (AvgIpc) is 2.59. The van der Waals surface area contributed by atoms with E-state index in [4.69, 9.17) is 10.9 Å². The summed E-state index contributed by atoms with van der Waals surface area (Å²) in [6, 6.07) is 12.5. The number of sulfonamides is 1. The molecule has 5 N–H and O–H groups in total. The number of guanidine groups is 1. The first kappa shape index (κ1) is 22.4. The fraction of sp³-hybridized carbons (Fsp3) is 0.278. The van der Waals surface area contributed by atoms with E-state index < -0.39 is 10.0 Å². The van der Waals surface area contributed by atoms with Crippen LogP contribution in [0.3, 0.4) is 0 Å². The Balaban J connectivity index is 0.00000338. The van der Waals surface area contributed by atoms with Crippen LogP contribution in [-0.4, -0.2) is 14.4 Å². The summed E-state index contributed by atoms with van der Waals surface area (Å²) < 4.78 is 22.5. The van der Waals surface area contributed by atoms with Crippen LogP contribution in [0.25, 0.3) is 0 Å². The lowest BCUT2D eigenvalue weighted by Crippen LogP contribution is -2.24. The number of hydrogen-bond donors (Lipinski definition) is 3. The summed E-state index contributed by atoms with van der Waals surface area (Å²) in [6.45, 7) is 4.54. The molecule has 0 atom stereocenters. The second kappa shape index (κ2) is 9.89. The molecule has 0 amide bonds. The topological polar surface area (TPSA) is 111 Å². The van der Waals surface area contributed by atoms with Crippen molar-refractivity contribution < 1.29 is 8.42 Å². The molecular weight excluding hydrogens is 463 g/mol. The minimum atomic E-state index is -3.68. The van der Waals surface area contributed by atoms with Crippen LogP contribution in [0.1, 0.15) is 30.5 Å². The summed E-state index contributed by atoms with van der Waals surface area (Å²) in [5.41, 5.74) is 10.3. The third-order valence-electron chi connectivity index (χ3n) is 3.94. The lowest BCUT2D eigenvalue weighted by molar-refractivity contribution is 0.598. The Morgan fingerprint density at radius 3 is 2.04 bits per heavy atom. The average molecular weight is 488 g/mol. The maximum atomic E-state index is 11.3. The summed E-state index contributed by atoms with van der Waals surface area (Å²) in [6.07, 6.45) is 1.80. The number of halogens is 1. The van der Waals surface area contributed by atoms with Gasteiger partial charge in [-0.05, 0) is 41.7 Å². The van der Waals surface area contributed by atoms with Gasteiger partial charge in [0.1, 0.15) is 0 Å². The smallest absolute Gasteiger partial charge is 0.238 e. The maximum Gasteiger partial charge on any atom is 0.238 e. The van der Waals surface area contributed by atoms with Gasteiger partial charge in [0.15, 0.2) is 5.96 Å². The fourth-order valence-electron chi connectivity index (χ4n) is 2.53. The third-order valence-corrected chi connectivity index (χ3v) is 4.87. The lowest BCUT2D eigenvalue weighted by atomic mass is 10.0. The molecule has 2 rings (SSSR count). The quantitative estimate of drug-likeness (QED) is 0.330. The second-order valence-electron chi connectivity index (χ2n) is 5.67. The number of para-hydroxylation sites is 1. The first-order valence-corrected chi connectivity index (χ1v) is 9.69. The molecule has 0 heterocycles. The summed E-state index contributed by atoms with van der Waals surface area (Å²) in [7, 11) is -3.68. The number of hydrogen-bond acceptors (Lipinski definition) is 3. The van der Waals surface area contributed by atoms with Crippen LogP contribution in [0.4, 0.5) is 5.69 Å². The van der Waals surface area contributed by atoms with Crippen molar-refractivity contribution in [2.45, 2.75) is 38.1 Å². The molecule has 0 spiro atoms. The van der Waals surface area contributed by atoms with Crippen molar-refractivity contribution in [1.29, 1.82) is 0 Å². The first-order valence-electron chi connectivity index (χ1n) is 8.14. The van der Waals surface area contributed by atoms with E-state index in [2.05, 4.69) is 36.3 Å². The number of benzene rings is 2. The van der Waals surface area contributed by atoms with E-state index in [1.54, 1.807) is 12.1 Å². The minimum absolute atomic E-state index is 0. The maximum absolute atomic E-state index is 11.3. The molecule has 2 aromatic rings. The van der Waals surface area contributed by atoms with Crippen LogP contribution in [0.2, 0.25) is 0 Å². The van der Waals surface area contributed by atoms with E-state index in [9.17, 15) is 8.42 Å². The number of nitrogens with two attached hydrogens (primary N) is 2. The monoisotopic (exact) mass is 488 g/mol. The van der Waals surface area contributed by atoms with E-state index >= 15 is 0 Å². The van der Waals surface area contributed by atoms with Gasteiger partial charge in [-0.2, -0.15) is 0 Å². The number of primary sulfonamides is 1. The van der Waals surface area contributed by atoms with Gasteiger partial charge in [-0.15, -0.1) is 24.0 Å². The van der Waals surface area contributed by atoms with Crippen molar-refractivity contribution in [3.05, 3.63) is 59.2 Å². The molecule has 0 aliphatic carbocycles. The number of aliphatic imine (C=N–C) groups is 1. The van der Waals surface area contributed by atoms with Crippen LogP contribution in [0.5, 0.6) is 0 Å². The summed E-state index contributed by atoms with van der Waals surface area (Å²) in [4.78, 5) is 4.41. The zero-order valence-corrected chi connectivity index (χ0v) is 18.0. The Bertz CT molecular complexity index is 843. The molecule has 0 fully saturated rings. The van der Waals surface area contributed by atoms with E-state index in [1.807, 2.05) is 6.07 Å². The van der Waals surface area contributed by atoms with Gasteiger partial charge in [0.2, 0.25) is 10.0 Å². The van der Waals surface area contributed by atoms with Crippen molar-refractivity contribution in [2.75, 3.05) is 5.32 Å². The van der Waals surface area contributed by atoms with E-state index in [0.29, 0.717) is 12.5 Å². The van der Waals surface area contributed by atoms with Crippen molar-refractivity contribution in [1.82, 2.24) is 0 Å². The number of aryl methyl sites for hydroxylation is 2. The summed E-state index contributed by atoms with van der Waals surface area (Å²) >= 11 is 0. The normalized spacial score (nSPS) is 11.7. The number of anilines is 1. The highest BCUT2D eigenvalue weighted by Gasteiger charge is 2.08. The molecule has 0 aromatic heterocycles. The molecule has 2 aromatic carbocycles. The van der Waals surface area contributed by atoms with Gasteiger partial charge in [0, 0.05) is 5.69 Å². The first-order chi connectivity index (χ1) is 11.8. The van der Waals surface area contributed by atoms with Crippen molar-refractivity contribution in [3.8, 4) is 0 Å². The standard InChI is InChI=1S/C18H24N4O2S.HI/c1-3-14-6-5-7-15(4-2)17(14)22-18(19)21-12-13-8-10-16(11-9-13)25(20,23)24;/h5-11H,3-4,12H2,1-2H3,(H3,19,21,22)(H2,20,23,24);1H. The van der Waals surface area contributed by atoms with Gasteiger partial charge < -0.3 is 11.1 Å². The molecule has 142 valence electrons. The Labute approximate surface area is 172 Å². The minimum Gasteiger partial charge on any atom is -0.370 e. The second-order valence-corrected chi connectivity index (χ2v) is 7.24. The summed E-state index contributed by atoms with van der Waals surface area (Å²) in [5.74, 6) is 0.325. The highest BCUT2D eigenvalue weighted by molar-refractivity contribution is 14.0. The Morgan fingerprint density at radius 1 is 1.04 bits per heavy atom. The van der Waals surface area contributed by atoms with Gasteiger partial charge in [-0.1, -0.05) is 44.2 Å². The molecule has 0 saturated heterocycles. The van der Waals surface area contributed by atoms with Crippen LogP contribution in [0, 0.1) is 0 Å². The van der Waals surface area contributed by atoms with Crippen molar-refractivity contribution >= 4 is 45.6 Å². The zero-order valence-electron chi connectivity index (χ0n) is 14.9. The molecule has 26 heavy (non-hydrogen) atoms. The molecule has 0 radical (unpaired) electrons. The fourth-order valence-corrected chi connectivity index (χ4v) is 3.05. The van der Waals surface area contributed by atoms with E-state index in [0.717, 1.165) is 24.1 Å². The van der Waals surface area contributed by atoms with Crippen molar-refractivity contribution in [3.63, 3.8) is 0 Å². The number of rotatable bonds is 6. The Kier molecular flexibility index (Phi) is 8.51. The molecule has 8 heteroatoms. The number of nitrogens with one attached hydrogen (secondary N) is 1. The predicted octanol–water partition coefficient (Wildman–Crippen LogP) is 3.00. The third kappa shape index (κ3) is 5.96.